The van der Waals surface area contributed by atoms with E-state index < -0.39 is 11.9 Å². The molecule has 3 rings (SSSR count). The molecule has 3 aromatic carbocycles. The fourth-order valence-corrected chi connectivity index (χ4v) is 3.37. The zero-order valence-corrected chi connectivity index (χ0v) is 19.6. The van der Waals surface area contributed by atoms with Crippen molar-refractivity contribution in [1.82, 2.24) is 5.32 Å². The molecule has 0 saturated carbocycles. The minimum Gasteiger partial charge on any atom is -0.484 e. The summed E-state index contributed by atoms with van der Waals surface area (Å²) < 4.78 is 5.56. The number of amides is 3. The first-order valence-electron chi connectivity index (χ1n) is 10.8. The van der Waals surface area contributed by atoms with Gasteiger partial charge in [0.2, 0.25) is 5.91 Å². The van der Waals surface area contributed by atoms with Crippen LogP contribution in [0, 0.1) is 5.92 Å². The second-order valence-electron chi connectivity index (χ2n) is 7.89. The SMILES string of the molecule is CC(C)C(NC(=O)c1ccccc1Cl)C(=O)Nc1cccc(OCC(=O)Nc2ccccc2)c1. The van der Waals surface area contributed by atoms with Crippen molar-refractivity contribution in [3.8, 4) is 5.75 Å². The minimum atomic E-state index is -0.787. The Morgan fingerprint density at radius 2 is 1.53 bits per heavy atom. The normalized spacial score (nSPS) is 11.4. The highest BCUT2D eigenvalue weighted by atomic mass is 35.5. The molecule has 0 fully saturated rings. The van der Waals surface area contributed by atoms with Crippen LogP contribution in [0.2, 0.25) is 5.02 Å². The molecule has 1 atom stereocenters. The van der Waals surface area contributed by atoms with E-state index >= 15 is 0 Å². The van der Waals surface area contributed by atoms with Gasteiger partial charge < -0.3 is 20.7 Å². The molecule has 0 spiro atoms. The van der Waals surface area contributed by atoms with Crippen molar-refractivity contribution < 1.29 is 19.1 Å². The van der Waals surface area contributed by atoms with Gasteiger partial charge in [0, 0.05) is 17.4 Å². The predicted molar refractivity (Wildman–Crippen MR) is 133 cm³/mol. The molecule has 3 amide bonds. The fourth-order valence-electron chi connectivity index (χ4n) is 3.15. The maximum Gasteiger partial charge on any atom is 0.262 e. The highest BCUT2D eigenvalue weighted by Crippen LogP contribution is 2.19. The number of nitrogens with one attached hydrogen (secondary N) is 3. The van der Waals surface area contributed by atoms with E-state index in [2.05, 4.69) is 16.0 Å². The standard InChI is InChI=1S/C26H26ClN3O4/c1-17(2)24(30-25(32)21-13-6-7-14-22(21)27)26(33)29-19-11-8-12-20(15-19)34-16-23(31)28-18-9-4-3-5-10-18/h3-15,17,24H,16H2,1-2H3,(H,28,31)(H,29,33)(H,30,32). The summed E-state index contributed by atoms with van der Waals surface area (Å²) in [6.45, 7) is 3.48. The molecule has 0 aliphatic heterocycles. The van der Waals surface area contributed by atoms with Gasteiger partial charge in [-0.05, 0) is 42.3 Å². The van der Waals surface area contributed by atoms with Crippen LogP contribution in [0.5, 0.6) is 5.75 Å². The lowest BCUT2D eigenvalue weighted by atomic mass is 10.0. The summed E-state index contributed by atoms with van der Waals surface area (Å²) in [5, 5.41) is 8.60. The molecule has 0 saturated heterocycles. The van der Waals surface area contributed by atoms with Crippen molar-refractivity contribution in [3.05, 3.63) is 89.4 Å². The molecule has 176 valence electrons. The van der Waals surface area contributed by atoms with Crippen molar-refractivity contribution in [3.63, 3.8) is 0 Å². The number of halogens is 1. The quantitative estimate of drug-likeness (QED) is 0.412. The van der Waals surface area contributed by atoms with Gasteiger partial charge >= 0.3 is 0 Å². The number of carbonyl (C=O) groups is 3. The van der Waals surface area contributed by atoms with E-state index in [-0.39, 0.29) is 24.3 Å². The summed E-state index contributed by atoms with van der Waals surface area (Å²) in [6.07, 6.45) is 0. The zero-order chi connectivity index (χ0) is 24.5. The van der Waals surface area contributed by atoms with Crippen molar-refractivity contribution in [1.29, 1.82) is 0 Å². The van der Waals surface area contributed by atoms with Gasteiger partial charge in [0.25, 0.3) is 11.8 Å². The molecule has 0 heterocycles. The number of para-hydroxylation sites is 1. The van der Waals surface area contributed by atoms with Crippen molar-refractivity contribution in [2.24, 2.45) is 5.92 Å². The molecule has 0 aliphatic carbocycles. The van der Waals surface area contributed by atoms with E-state index in [9.17, 15) is 14.4 Å². The smallest absolute Gasteiger partial charge is 0.262 e. The van der Waals surface area contributed by atoms with Crippen LogP contribution in [-0.2, 0) is 9.59 Å². The van der Waals surface area contributed by atoms with Gasteiger partial charge in [-0.3, -0.25) is 14.4 Å². The lowest BCUT2D eigenvalue weighted by Gasteiger charge is -2.22. The first-order valence-corrected chi connectivity index (χ1v) is 11.2. The number of anilines is 2. The summed E-state index contributed by atoms with van der Waals surface area (Å²) in [6, 6.07) is 21.6. The van der Waals surface area contributed by atoms with Gasteiger partial charge in [-0.15, -0.1) is 0 Å². The molecular weight excluding hydrogens is 454 g/mol. The third-order valence-corrected chi connectivity index (χ3v) is 5.21. The van der Waals surface area contributed by atoms with Gasteiger partial charge in [-0.2, -0.15) is 0 Å². The van der Waals surface area contributed by atoms with Gasteiger partial charge in [0.15, 0.2) is 6.61 Å². The Morgan fingerprint density at radius 1 is 0.853 bits per heavy atom. The largest absolute Gasteiger partial charge is 0.484 e. The summed E-state index contributed by atoms with van der Waals surface area (Å²) in [4.78, 5) is 37.7. The average molecular weight is 480 g/mol. The summed E-state index contributed by atoms with van der Waals surface area (Å²) in [7, 11) is 0. The Bertz CT molecular complexity index is 1150. The second kappa shape index (κ2) is 11.9. The fraction of sp³-hybridized carbons (Fsp3) is 0.192. The molecule has 0 bridgehead atoms. The molecule has 3 N–H and O–H groups in total. The van der Waals surface area contributed by atoms with Crippen LogP contribution < -0.4 is 20.7 Å². The van der Waals surface area contributed by atoms with E-state index in [0.717, 1.165) is 0 Å². The topological polar surface area (TPSA) is 96.5 Å². The molecule has 1 unspecified atom stereocenters. The van der Waals surface area contributed by atoms with Gasteiger partial charge in [-0.25, -0.2) is 0 Å². The van der Waals surface area contributed by atoms with Crippen molar-refractivity contribution >= 4 is 40.7 Å². The van der Waals surface area contributed by atoms with E-state index in [1.807, 2.05) is 32.0 Å². The molecule has 34 heavy (non-hydrogen) atoms. The van der Waals surface area contributed by atoms with Crippen LogP contribution >= 0.6 is 11.6 Å². The van der Waals surface area contributed by atoms with Crippen LogP contribution in [0.1, 0.15) is 24.2 Å². The first-order chi connectivity index (χ1) is 16.3. The molecule has 0 radical (unpaired) electrons. The van der Waals surface area contributed by atoms with Crippen molar-refractivity contribution in [2.75, 3.05) is 17.2 Å². The van der Waals surface area contributed by atoms with Crippen LogP contribution in [0.25, 0.3) is 0 Å². The molecular formula is C26H26ClN3O4. The number of hydrogen-bond donors (Lipinski definition) is 3. The highest BCUT2D eigenvalue weighted by molar-refractivity contribution is 6.33. The number of carbonyl (C=O) groups excluding carboxylic acids is 3. The number of ether oxygens (including phenoxy) is 1. The number of rotatable bonds is 9. The molecule has 7 nitrogen and oxygen atoms in total. The Labute approximate surface area is 203 Å². The van der Waals surface area contributed by atoms with Crippen LogP contribution in [-0.4, -0.2) is 30.4 Å². The van der Waals surface area contributed by atoms with E-state index in [4.69, 9.17) is 16.3 Å². The van der Waals surface area contributed by atoms with E-state index in [1.165, 1.54) is 0 Å². The average Bonchev–Trinajstić information content (AvgIpc) is 2.82. The Hall–Kier alpha value is -3.84. The van der Waals surface area contributed by atoms with Gasteiger partial charge in [0.05, 0.1) is 10.6 Å². The Morgan fingerprint density at radius 3 is 2.24 bits per heavy atom. The number of benzene rings is 3. The summed E-state index contributed by atoms with van der Waals surface area (Å²) >= 11 is 6.10. The predicted octanol–water partition coefficient (Wildman–Crippen LogP) is 4.75. The van der Waals surface area contributed by atoms with Crippen LogP contribution in [0.4, 0.5) is 11.4 Å². The lowest BCUT2D eigenvalue weighted by molar-refractivity contribution is -0.119. The first kappa shape index (κ1) is 24.8. The van der Waals surface area contributed by atoms with Gasteiger partial charge in [-0.1, -0.05) is 61.8 Å². The molecule has 0 aliphatic rings. The van der Waals surface area contributed by atoms with Crippen LogP contribution in [0.15, 0.2) is 78.9 Å². The second-order valence-corrected chi connectivity index (χ2v) is 8.30. The number of hydrogen-bond acceptors (Lipinski definition) is 4. The zero-order valence-electron chi connectivity index (χ0n) is 18.9. The Balaban J connectivity index is 1.59. The Kier molecular flexibility index (Phi) is 8.65. The maximum atomic E-state index is 12.9. The molecule has 8 heteroatoms. The third-order valence-electron chi connectivity index (χ3n) is 4.88. The minimum absolute atomic E-state index is 0.174. The van der Waals surface area contributed by atoms with Crippen molar-refractivity contribution in [2.45, 2.75) is 19.9 Å². The molecule has 3 aromatic rings. The van der Waals surface area contributed by atoms with Gasteiger partial charge in [0.1, 0.15) is 11.8 Å². The summed E-state index contributed by atoms with van der Waals surface area (Å²) in [5.41, 5.74) is 1.45. The third kappa shape index (κ3) is 7.08. The van der Waals surface area contributed by atoms with Crippen LogP contribution in [0.3, 0.4) is 0 Å². The van der Waals surface area contributed by atoms with E-state index in [1.54, 1.807) is 60.7 Å². The highest BCUT2D eigenvalue weighted by Gasteiger charge is 2.25. The van der Waals surface area contributed by atoms with E-state index in [0.29, 0.717) is 27.7 Å². The monoisotopic (exact) mass is 479 g/mol. The molecule has 0 aromatic heterocycles. The maximum absolute atomic E-state index is 12.9. The summed E-state index contributed by atoms with van der Waals surface area (Å²) in [5.74, 6) is -0.868. The lowest BCUT2D eigenvalue weighted by Crippen LogP contribution is -2.47.